The van der Waals surface area contributed by atoms with Crippen LogP contribution in [0, 0.1) is 46.8 Å². The van der Waals surface area contributed by atoms with Crippen LogP contribution >= 0.6 is 55.1 Å². The van der Waals surface area contributed by atoms with Gasteiger partial charge in [0.2, 0.25) is 17.6 Å². The first-order chi connectivity index (χ1) is 24.8. The summed E-state index contributed by atoms with van der Waals surface area (Å²) in [5, 5.41) is 20.2. The van der Waals surface area contributed by atoms with Crippen LogP contribution in [-0.4, -0.2) is 56.7 Å². The minimum Gasteiger partial charge on any atom is -0.503 e. The van der Waals surface area contributed by atoms with E-state index in [2.05, 4.69) is 31.9 Å². The lowest BCUT2D eigenvalue weighted by atomic mass is 9.56. The number of hydrogen-bond acceptors (Lipinski definition) is 7. The maximum Gasteiger partial charge on any atom is 0.335 e. The Morgan fingerprint density at radius 1 is 0.887 bits per heavy atom. The quantitative estimate of drug-likeness (QED) is 0.0691. The summed E-state index contributed by atoms with van der Waals surface area (Å²) in [5.74, 6) is -24.8. The molecule has 3 fully saturated rings. The predicted molar refractivity (Wildman–Crippen MR) is 182 cm³/mol. The number of benzene rings is 3. The van der Waals surface area contributed by atoms with Gasteiger partial charge in [-0.05, 0) is 80.4 Å². The number of ether oxygens (including phenoxy) is 1. The number of rotatable bonds is 5. The zero-order chi connectivity index (χ0) is 38.8. The molecule has 0 spiro atoms. The summed E-state index contributed by atoms with van der Waals surface area (Å²) >= 11 is 20.9. The molecule has 2 heterocycles. The maximum absolute atomic E-state index is 15.3. The fourth-order valence-corrected chi connectivity index (χ4v) is 9.80. The van der Waals surface area contributed by atoms with Crippen LogP contribution in [0.5, 0.6) is 11.5 Å². The number of imide groups is 2. The first kappa shape index (κ1) is 37.3. The van der Waals surface area contributed by atoms with Gasteiger partial charge in [-0.15, -0.1) is 23.2 Å². The van der Waals surface area contributed by atoms with E-state index in [0.29, 0.717) is 0 Å². The van der Waals surface area contributed by atoms with Crippen molar-refractivity contribution in [2.75, 3.05) is 16.9 Å². The van der Waals surface area contributed by atoms with Crippen LogP contribution in [0.15, 0.2) is 50.9 Å². The van der Waals surface area contributed by atoms with Crippen molar-refractivity contribution in [2.45, 2.75) is 28.5 Å². The first-order valence-electron chi connectivity index (χ1n) is 15.3. The number of aromatic carboxylic acids is 1. The minimum absolute atomic E-state index is 0.000571. The van der Waals surface area contributed by atoms with Gasteiger partial charge in [0.25, 0.3) is 11.8 Å². The third-order valence-electron chi connectivity index (χ3n) is 10.3. The van der Waals surface area contributed by atoms with Crippen LogP contribution in [0.2, 0.25) is 0 Å². The molecular weight excluding hydrogens is 890 g/mol. The molecule has 276 valence electrons. The molecule has 19 heteroatoms. The number of carbonyl (C=O) groups excluding carboxylic acids is 4. The highest BCUT2D eigenvalue weighted by Gasteiger charge is 2.77. The number of phenolic OH excluding ortho intramolecular Hbond substituents is 1. The van der Waals surface area contributed by atoms with Gasteiger partial charge in [-0.3, -0.25) is 24.1 Å². The first-order valence-corrected chi connectivity index (χ1v) is 17.6. The van der Waals surface area contributed by atoms with Crippen molar-refractivity contribution in [3.05, 3.63) is 91.1 Å². The summed E-state index contributed by atoms with van der Waals surface area (Å²) in [4.78, 5) is 63.6. The molecule has 1 saturated carbocycles. The second-order valence-corrected chi connectivity index (χ2v) is 15.5. The number of carboxylic acids is 1. The van der Waals surface area contributed by atoms with Crippen molar-refractivity contribution in [3.63, 3.8) is 0 Å². The molecule has 0 unspecified atom stereocenters. The van der Waals surface area contributed by atoms with E-state index >= 15 is 8.78 Å². The molecule has 7 rings (SSSR count). The third-order valence-corrected chi connectivity index (χ3v) is 13.8. The number of alkyl halides is 2. The van der Waals surface area contributed by atoms with E-state index in [0.717, 1.165) is 11.0 Å². The normalized spacial score (nSPS) is 27.8. The molecule has 53 heavy (non-hydrogen) atoms. The highest BCUT2D eigenvalue weighted by molar-refractivity contribution is 9.13. The van der Waals surface area contributed by atoms with Crippen LogP contribution < -0.4 is 14.5 Å². The lowest BCUT2D eigenvalue weighted by Crippen LogP contribution is -2.60. The van der Waals surface area contributed by atoms with E-state index in [1.54, 1.807) is 0 Å². The number of fused-ring (bicyclic) bond motifs is 4. The number of carbonyl (C=O) groups is 5. The Bertz CT molecular complexity index is 2270. The molecule has 0 radical (unpaired) electrons. The van der Waals surface area contributed by atoms with E-state index < -0.39 is 110 Å². The van der Waals surface area contributed by atoms with Gasteiger partial charge in [0.05, 0.1) is 34.7 Å². The number of aromatic hydroxyl groups is 1. The lowest BCUT2D eigenvalue weighted by Gasteiger charge is -2.51. The molecule has 2 aliphatic carbocycles. The molecule has 2 N–H and O–H groups in total. The fraction of sp³-hybridized carbons (Fsp3) is 0.265. The minimum atomic E-state index is -2.83. The van der Waals surface area contributed by atoms with Crippen LogP contribution in [0.3, 0.4) is 0 Å². The highest BCUT2D eigenvalue weighted by Crippen LogP contribution is 2.67. The second kappa shape index (κ2) is 12.5. The van der Waals surface area contributed by atoms with Crippen LogP contribution in [-0.2, 0) is 19.2 Å². The largest absolute Gasteiger partial charge is 0.503 e. The van der Waals surface area contributed by atoms with E-state index in [1.807, 2.05) is 0 Å². The number of allylic oxidation sites excluding steroid dienone is 2. The Labute approximate surface area is 321 Å². The van der Waals surface area contributed by atoms with Crippen molar-refractivity contribution in [1.29, 1.82) is 0 Å². The Morgan fingerprint density at radius 3 is 2.11 bits per heavy atom. The Kier molecular flexibility index (Phi) is 8.79. The summed E-state index contributed by atoms with van der Waals surface area (Å²) in [5.41, 5.74) is -2.14. The van der Waals surface area contributed by atoms with Crippen molar-refractivity contribution in [3.8, 4) is 11.5 Å². The van der Waals surface area contributed by atoms with Crippen molar-refractivity contribution in [2.24, 2.45) is 17.8 Å². The molecule has 6 atom stereocenters. The molecule has 10 nitrogen and oxygen atoms in total. The van der Waals surface area contributed by atoms with E-state index in [9.17, 15) is 47.4 Å². The Hall–Kier alpha value is -4.06. The number of halogens is 9. The summed E-state index contributed by atoms with van der Waals surface area (Å²) in [6.07, 6.45) is 0.568. The molecule has 2 aliphatic heterocycles. The van der Waals surface area contributed by atoms with Gasteiger partial charge in [-0.2, -0.15) is 0 Å². The van der Waals surface area contributed by atoms with E-state index in [4.69, 9.17) is 27.9 Å². The van der Waals surface area contributed by atoms with Gasteiger partial charge < -0.3 is 14.9 Å². The molecule has 3 aromatic carbocycles. The zero-order valence-electron chi connectivity index (χ0n) is 26.3. The van der Waals surface area contributed by atoms with Gasteiger partial charge in [-0.25, -0.2) is 31.6 Å². The van der Waals surface area contributed by atoms with Crippen molar-refractivity contribution >= 4 is 96.0 Å². The summed E-state index contributed by atoms with van der Waals surface area (Å²) in [6, 6.07) is 6.21. The summed E-state index contributed by atoms with van der Waals surface area (Å²) in [7, 11) is 1.18. The van der Waals surface area contributed by atoms with Gasteiger partial charge in [0.15, 0.2) is 44.5 Å². The summed E-state index contributed by atoms with van der Waals surface area (Å²) in [6.45, 7) is 0. The van der Waals surface area contributed by atoms with Crippen LogP contribution in [0.1, 0.15) is 34.7 Å². The van der Waals surface area contributed by atoms with Crippen LogP contribution in [0.4, 0.5) is 33.3 Å². The predicted octanol–water partition coefficient (Wildman–Crippen LogP) is 7.09. The van der Waals surface area contributed by atoms with Crippen molar-refractivity contribution in [1.82, 2.24) is 0 Å². The molecule has 3 aromatic rings. The van der Waals surface area contributed by atoms with Gasteiger partial charge >= 0.3 is 5.97 Å². The van der Waals surface area contributed by atoms with Crippen LogP contribution in [0.25, 0.3) is 0 Å². The number of anilines is 2. The Morgan fingerprint density at radius 2 is 1.51 bits per heavy atom. The van der Waals surface area contributed by atoms with Gasteiger partial charge in [-0.1, -0.05) is 17.7 Å². The average Bonchev–Trinajstić information content (AvgIpc) is 3.47. The molecule has 0 aromatic heterocycles. The zero-order valence-corrected chi connectivity index (χ0v) is 31.0. The maximum atomic E-state index is 15.3. The molecule has 0 bridgehead atoms. The number of amides is 4. The fourth-order valence-electron chi connectivity index (χ4n) is 7.92. The SMILES string of the molecule is COc1cc([C@H]2C3=CC[C@@H]4C(=O)N(c5cccc(C(=O)O)c5)C(=O)[C@@H]4[C@@H]3C[C@@]3(Cl)C(=O)N(c4c(F)c(F)c(F)c(F)c4F)C(=O)[C@@]23Cl)c(Br)c(Br)c1O. The second-order valence-electron chi connectivity index (χ2n) is 12.7. The average molecular weight is 909 g/mol. The monoisotopic (exact) mass is 906 g/mol. The van der Waals surface area contributed by atoms with Gasteiger partial charge in [0, 0.05) is 10.4 Å². The highest BCUT2D eigenvalue weighted by atomic mass is 79.9. The number of nitrogens with zero attached hydrogens (tertiary/aromatic N) is 2. The van der Waals surface area contributed by atoms with E-state index in [-0.39, 0.29) is 48.4 Å². The standard InChI is InChI=1S/C34H19Br2Cl2F5N2O8/c1-53-16-8-14(19(35)20(36)27(16)46)18-12-5-6-13-17(29(48)44(28(13)47)11-4-2-3-10(7-11)30(49)50)15(12)9-33(37)31(51)45(32(52)34(18,33)38)26-24(42)22(40)21(39)23(41)25(26)43/h2-5,7-8,13,15,17-18,46H,6,9H2,1H3,(H,49,50)/t13-,15+,17-,18+,33+,34-/m0/s1. The molecular formula is C34H19Br2Cl2F5N2O8. The molecule has 2 saturated heterocycles. The lowest BCUT2D eigenvalue weighted by molar-refractivity contribution is -0.125. The number of hydrogen-bond donors (Lipinski definition) is 2. The number of carboxylic acid groups (broad SMARTS) is 1. The molecule has 4 amide bonds. The number of phenols is 1. The number of methoxy groups -OCH3 is 1. The third kappa shape index (κ3) is 4.82. The Balaban J connectivity index is 1.46. The topological polar surface area (TPSA) is 142 Å². The smallest absolute Gasteiger partial charge is 0.335 e. The molecule has 4 aliphatic rings. The van der Waals surface area contributed by atoms with Gasteiger partial charge in [0.1, 0.15) is 5.69 Å². The summed E-state index contributed by atoms with van der Waals surface area (Å²) < 4.78 is 79.0. The van der Waals surface area contributed by atoms with E-state index in [1.165, 1.54) is 37.5 Å². The van der Waals surface area contributed by atoms with Crippen molar-refractivity contribution < 1.29 is 60.9 Å².